The number of aromatic nitrogens is 4. The van der Waals surface area contributed by atoms with Gasteiger partial charge in [-0.3, -0.25) is 9.48 Å². The van der Waals surface area contributed by atoms with Crippen LogP contribution in [-0.4, -0.2) is 38.3 Å². The lowest BCUT2D eigenvalue weighted by Crippen LogP contribution is -2.43. The summed E-state index contributed by atoms with van der Waals surface area (Å²) in [6, 6.07) is -0.0820. The molecule has 0 aromatic carbocycles. The number of rotatable bonds is 4. The van der Waals surface area contributed by atoms with Crippen LogP contribution in [0.25, 0.3) is 0 Å². The van der Waals surface area contributed by atoms with Gasteiger partial charge in [0.25, 0.3) is 5.91 Å². The van der Waals surface area contributed by atoms with Crippen LogP contribution in [0.2, 0.25) is 0 Å². The van der Waals surface area contributed by atoms with Gasteiger partial charge in [-0.1, -0.05) is 0 Å². The largest absolute Gasteiger partial charge is 0.371 e. The van der Waals surface area contributed by atoms with Crippen molar-refractivity contribution in [2.24, 2.45) is 0 Å². The van der Waals surface area contributed by atoms with Gasteiger partial charge >= 0.3 is 0 Å². The van der Waals surface area contributed by atoms with E-state index in [0.29, 0.717) is 23.7 Å². The highest BCUT2D eigenvalue weighted by Crippen LogP contribution is 2.28. The number of amides is 1. The standard InChI is InChI=1S/C17H23N5O2/c1-4-22-10-13(8-19-22)16-15(6-5-7-24-16)21-17(23)14-9-18-12(3)20-11(14)2/h8-10,15-16H,4-7H2,1-3H3,(H,21,23)/t15-,16+/m0/s1. The van der Waals surface area contributed by atoms with Gasteiger partial charge in [0.05, 0.1) is 23.5 Å². The second-order valence-corrected chi connectivity index (χ2v) is 6.06. The average molecular weight is 329 g/mol. The third-order valence-corrected chi connectivity index (χ3v) is 4.29. The number of carbonyl (C=O) groups excluding carboxylic acids is 1. The normalized spacial score (nSPS) is 20.8. The molecule has 0 spiro atoms. The third kappa shape index (κ3) is 3.46. The number of nitrogens with one attached hydrogen (secondary N) is 1. The molecule has 128 valence electrons. The van der Waals surface area contributed by atoms with Gasteiger partial charge in [0.15, 0.2) is 0 Å². The smallest absolute Gasteiger partial charge is 0.255 e. The van der Waals surface area contributed by atoms with E-state index in [1.54, 1.807) is 6.20 Å². The Hall–Kier alpha value is -2.28. The van der Waals surface area contributed by atoms with Crippen molar-refractivity contribution >= 4 is 5.91 Å². The minimum atomic E-state index is -0.172. The van der Waals surface area contributed by atoms with Gasteiger partial charge in [0, 0.05) is 31.1 Å². The van der Waals surface area contributed by atoms with E-state index in [-0.39, 0.29) is 18.1 Å². The predicted octanol–water partition coefficient (Wildman–Crippen LogP) is 1.96. The lowest BCUT2D eigenvalue weighted by Gasteiger charge is -2.31. The quantitative estimate of drug-likeness (QED) is 0.927. The van der Waals surface area contributed by atoms with Crippen LogP contribution in [0.3, 0.4) is 0 Å². The summed E-state index contributed by atoms with van der Waals surface area (Å²) in [6.07, 6.45) is 7.01. The fourth-order valence-corrected chi connectivity index (χ4v) is 3.01. The van der Waals surface area contributed by atoms with Crippen molar-refractivity contribution in [3.63, 3.8) is 0 Å². The first-order valence-corrected chi connectivity index (χ1v) is 8.33. The summed E-state index contributed by atoms with van der Waals surface area (Å²) in [5.74, 6) is 0.505. The summed E-state index contributed by atoms with van der Waals surface area (Å²) in [5.41, 5.74) is 2.19. The molecule has 0 radical (unpaired) electrons. The van der Waals surface area contributed by atoms with E-state index >= 15 is 0 Å². The van der Waals surface area contributed by atoms with Crippen molar-refractivity contribution in [3.05, 3.63) is 41.2 Å². The SMILES string of the molecule is CCn1cc([C@H]2OCCC[C@@H]2NC(=O)c2cnc(C)nc2C)cn1. The Bertz CT molecular complexity index is 728. The molecular weight excluding hydrogens is 306 g/mol. The molecule has 1 amide bonds. The van der Waals surface area contributed by atoms with Crippen molar-refractivity contribution in [1.29, 1.82) is 0 Å². The highest BCUT2D eigenvalue weighted by atomic mass is 16.5. The highest BCUT2D eigenvalue weighted by Gasteiger charge is 2.30. The van der Waals surface area contributed by atoms with Gasteiger partial charge in [0.1, 0.15) is 11.9 Å². The van der Waals surface area contributed by atoms with Crippen molar-refractivity contribution < 1.29 is 9.53 Å². The molecule has 0 saturated carbocycles. The Kier molecular flexibility index (Phi) is 4.89. The molecule has 1 aliphatic rings. The second kappa shape index (κ2) is 7.09. The van der Waals surface area contributed by atoms with Crippen LogP contribution in [-0.2, 0) is 11.3 Å². The second-order valence-electron chi connectivity index (χ2n) is 6.06. The fraction of sp³-hybridized carbons (Fsp3) is 0.529. The van der Waals surface area contributed by atoms with E-state index in [4.69, 9.17) is 4.74 Å². The summed E-state index contributed by atoms with van der Waals surface area (Å²) in [7, 11) is 0. The van der Waals surface area contributed by atoms with Crippen molar-refractivity contribution in [3.8, 4) is 0 Å². The number of ether oxygens (including phenoxy) is 1. The number of aryl methyl sites for hydroxylation is 3. The van der Waals surface area contributed by atoms with Gasteiger partial charge in [-0.05, 0) is 33.6 Å². The zero-order valence-corrected chi connectivity index (χ0v) is 14.3. The molecule has 7 heteroatoms. The Morgan fingerprint density at radius 1 is 1.42 bits per heavy atom. The van der Waals surface area contributed by atoms with Crippen LogP contribution in [0.5, 0.6) is 0 Å². The molecule has 0 aliphatic carbocycles. The van der Waals surface area contributed by atoms with Gasteiger partial charge in [-0.15, -0.1) is 0 Å². The van der Waals surface area contributed by atoms with Crippen LogP contribution in [0, 0.1) is 13.8 Å². The van der Waals surface area contributed by atoms with Gasteiger partial charge < -0.3 is 10.1 Å². The maximum atomic E-state index is 12.6. The maximum Gasteiger partial charge on any atom is 0.255 e. The van der Waals surface area contributed by atoms with Crippen LogP contribution >= 0.6 is 0 Å². The molecule has 3 heterocycles. The first-order chi connectivity index (χ1) is 11.6. The summed E-state index contributed by atoms with van der Waals surface area (Å²) < 4.78 is 7.79. The summed E-state index contributed by atoms with van der Waals surface area (Å²) >= 11 is 0. The van der Waals surface area contributed by atoms with Crippen LogP contribution in [0.4, 0.5) is 0 Å². The number of hydrogen-bond acceptors (Lipinski definition) is 5. The lowest BCUT2D eigenvalue weighted by atomic mass is 9.97. The number of hydrogen-bond donors (Lipinski definition) is 1. The molecule has 0 unspecified atom stereocenters. The van der Waals surface area contributed by atoms with Crippen molar-refractivity contribution in [1.82, 2.24) is 25.1 Å². The molecule has 7 nitrogen and oxygen atoms in total. The first kappa shape index (κ1) is 16.6. The van der Waals surface area contributed by atoms with Crippen molar-refractivity contribution in [2.75, 3.05) is 6.61 Å². The molecular formula is C17H23N5O2. The molecule has 3 rings (SSSR count). The zero-order chi connectivity index (χ0) is 17.1. The third-order valence-electron chi connectivity index (χ3n) is 4.29. The molecule has 2 aromatic rings. The topological polar surface area (TPSA) is 81.9 Å². The molecule has 1 aliphatic heterocycles. The Balaban J connectivity index is 1.77. The molecule has 1 fully saturated rings. The predicted molar refractivity (Wildman–Crippen MR) is 88.6 cm³/mol. The van der Waals surface area contributed by atoms with Gasteiger partial charge in [-0.2, -0.15) is 5.10 Å². The van der Waals surface area contributed by atoms with E-state index in [0.717, 1.165) is 24.9 Å². The van der Waals surface area contributed by atoms with Crippen LogP contribution < -0.4 is 5.32 Å². The molecule has 1 N–H and O–H groups in total. The molecule has 2 atom stereocenters. The summed E-state index contributed by atoms with van der Waals surface area (Å²) in [6.45, 7) is 7.18. The summed E-state index contributed by atoms with van der Waals surface area (Å²) in [4.78, 5) is 21.0. The van der Waals surface area contributed by atoms with E-state index in [9.17, 15) is 4.79 Å². The van der Waals surface area contributed by atoms with Crippen molar-refractivity contribution in [2.45, 2.75) is 52.3 Å². The highest BCUT2D eigenvalue weighted by molar-refractivity contribution is 5.95. The minimum Gasteiger partial charge on any atom is -0.371 e. The van der Waals surface area contributed by atoms with E-state index in [1.165, 1.54) is 0 Å². The van der Waals surface area contributed by atoms with Gasteiger partial charge in [-0.25, -0.2) is 9.97 Å². The average Bonchev–Trinajstić information content (AvgIpc) is 3.04. The monoisotopic (exact) mass is 329 g/mol. The van der Waals surface area contributed by atoms with E-state index in [1.807, 2.05) is 37.8 Å². The minimum absolute atomic E-state index is 0.0820. The lowest BCUT2D eigenvalue weighted by molar-refractivity contribution is -0.00952. The summed E-state index contributed by atoms with van der Waals surface area (Å²) in [5, 5.41) is 7.40. The Morgan fingerprint density at radius 2 is 2.25 bits per heavy atom. The number of nitrogens with zero attached hydrogens (tertiary/aromatic N) is 4. The zero-order valence-electron chi connectivity index (χ0n) is 14.3. The molecule has 1 saturated heterocycles. The van der Waals surface area contributed by atoms with Gasteiger partial charge in [0.2, 0.25) is 0 Å². The molecule has 24 heavy (non-hydrogen) atoms. The molecule has 0 bridgehead atoms. The van der Waals surface area contributed by atoms with Crippen LogP contribution in [0.15, 0.2) is 18.6 Å². The fourth-order valence-electron chi connectivity index (χ4n) is 3.01. The Labute approximate surface area is 141 Å². The molecule has 2 aromatic heterocycles. The van der Waals surface area contributed by atoms with E-state index in [2.05, 4.69) is 20.4 Å². The van der Waals surface area contributed by atoms with E-state index < -0.39 is 0 Å². The Morgan fingerprint density at radius 3 is 2.96 bits per heavy atom. The number of carbonyl (C=O) groups is 1. The van der Waals surface area contributed by atoms with Crippen LogP contribution in [0.1, 0.15) is 53.3 Å². The maximum absolute atomic E-state index is 12.6. The first-order valence-electron chi connectivity index (χ1n) is 8.33.